The first-order valence-electron chi connectivity index (χ1n) is 6.87. The number of nitrogens with two attached hydrogens (primary N) is 1. The van der Waals surface area contributed by atoms with Crippen molar-refractivity contribution in [3.63, 3.8) is 0 Å². The van der Waals surface area contributed by atoms with Gasteiger partial charge in [-0.25, -0.2) is 0 Å². The van der Waals surface area contributed by atoms with Crippen molar-refractivity contribution in [1.29, 1.82) is 0 Å². The van der Waals surface area contributed by atoms with Gasteiger partial charge in [0.25, 0.3) is 0 Å². The summed E-state index contributed by atoms with van der Waals surface area (Å²) in [6, 6.07) is 0.444. The Morgan fingerprint density at radius 3 is 2.44 bits per heavy atom. The third kappa shape index (κ3) is 3.45. The Bertz CT molecular complexity index is 298. The fourth-order valence-corrected chi connectivity index (χ4v) is 2.39. The highest BCUT2D eigenvalue weighted by Gasteiger charge is 2.34. The summed E-state index contributed by atoms with van der Waals surface area (Å²) in [5.74, 6) is 0.0734. The zero-order chi connectivity index (χ0) is 14.1. The molecule has 1 heterocycles. The number of hydrogen-bond donors (Lipinski definition) is 1. The topological polar surface area (TPSA) is 49.6 Å². The standard InChI is InChI=1S/C14H29N3O/c1-10-9-11(7-8-16(10)5)17(6)13(18)12(15)14(2,3)4/h10-12H,7-9,15H2,1-6H3. The number of amides is 1. The molecular weight excluding hydrogens is 226 g/mol. The van der Waals surface area contributed by atoms with Gasteiger partial charge in [-0.05, 0) is 32.2 Å². The molecule has 0 radical (unpaired) electrons. The van der Waals surface area contributed by atoms with Crippen LogP contribution in [0, 0.1) is 5.41 Å². The van der Waals surface area contributed by atoms with Gasteiger partial charge in [0.15, 0.2) is 0 Å². The number of nitrogens with zero attached hydrogens (tertiary/aromatic N) is 2. The maximum absolute atomic E-state index is 12.4. The Morgan fingerprint density at radius 1 is 1.44 bits per heavy atom. The molecule has 2 N–H and O–H groups in total. The van der Waals surface area contributed by atoms with Crippen molar-refractivity contribution in [3.05, 3.63) is 0 Å². The summed E-state index contributed by atoms with van der Waals surface area (Å²) in [4.78, 5) is 16.6. The summed E-state index contributed by atoms with van der Waals surface area (Å²) < 4.78 is 0. The summed E-state index contributed by atoms with van der Waals surface area (Å²) >= 11 is 0. The maximum Gasteiger partial charge on any atom is 0.240 e. The van der Waals surface area contributed by atoms with E-state index in [9.17, 15) is 4.79 Å². The van der Waals surface area contributed by atoms with Crippen LogP contribution in [-0.4, -0.2) is 54.5 Å². The molecule has 1 saturated heterocycles. The molecule has 3 unspecified atom stereocenters. The molecule has 0 spiro atoms. The molecule has 0 bridgehead atoms. The van der Waals surface area contributed by atoms with Crippen LogP contribution in [0.3, 0.4) is 0 Å². The summed E-state index contributed by atoms with van der Waals surface area (Å²) in [5.41, 5.74) is 5.88. The molecule has 1 rings (SSSR count). The number of carbonyl (C=O) groups excluding carboxylic acids is 1. The summed E-state index contributed by atoms with van der Waals surface area (Å²) in [5, 5.41) is 0. The molecule has 3 atom stereocenters. The van der Waals surface area contributed by atoms with E-state index < -0.39 is 6.04 Å². The Hall–Kier alpha value is -0.610. The maximum atomic E-state index is 12.4. The van der Waals surface area contributed by atoms with Crippen molar-refractivity contribution < 1.29 is 4.79 Å². The fraction of sp³-hybridized carbons (Fsp3) is 0.929. The molecule has 0 aliphatic carbocycles. The van der Waals surface area contributed by atoms with Crippen LogP contribution in [0.4, 0.5) is 0 Å². The number of likely N-dealkylation sites (tertiary alicyclic amines) is 1. The minimum Gasteiger partial charge on any atom is -0.341 e. The third-order valence-electron chi connectivity index (χ3n) is 4.28. The van der Waals surface area contributed by atoms with E-state index in [0.717, 1.165) is 19.4 Å². The quantitative estimate of drug-likeness (QED) is 0.809. The van der Waals surface area contributed by atoms with Gasteiger partial charge < -0.3 is 15.5 Å². The first-order chi connectivity index (χ1) is 8.14. The minimum atomic E-state index is -0.419. The van der Waals surface area contributed by atoms with Crippen LogP contribution >= 0.6 is 0 Å². The molecular formula is C14H29N3O. The first-order valence-corrected chi connectivity index (χ1v) is 6.87. The molecule has 0 aromatic rings. The van der Waals surface area contributed by atoms with Crippen LogP contribution in [-0.2, 0) is 4.79 Å². The fourth-order valence-electron chi connectivity index (χ4n) is 2.39. The van der Waals surface area contributed by atoms with Gasteiger partial charge in [-0.3, -0.25) is 4.79 Å². The molecule has 0 saturated carbocycles. The van der Waals surface area contributed by atoms with Crippen molar-refractivity contribution in [1.82, 2.24) is 9.80 Å². The Morgan fingerprint density at radius 2 is 2.00 bits per heavy atom. The second-order valence-corrected chi connectivity index (χ2v) is 6.80. The number of rotatable bonds is 2. The van der Waals surface area contributed by atoms with E-state index in [2.05, 4.69) is 18.9 Å². The number of piperidine rings is 1. The van der Waals surface area contributed by atoms with Crippen molar-refractivity contribution in [2.45, 2.75) is 58.7 Å². The lowest BCUT2D eigenvalue weighted by Crippen LogP contribution is -2.55. The Kier molecular flexibility index (Phi) is 4.78. The van der Waals surface area contributed by atoms with Crippen LogP contribution < -0.4 is 5.73 Å². The van der Waals surface area contributed by atoms with Crippen molar-refractivity contribution >= 4 is 5.91 Å². The highest BCUT2D eigenvalue weighted by Crippen LogP contribution is 2.23. The van der Waals surface area contributed by atoms with Crippen LogP contribution in [0.2, 0.25) is 0 Å². The summed E-state index contributed by atoms with van der Waals surface area (Å²) in [6.45, 7) is 9.31. The van der Waals surface area contributed by atoms with Crippen molar-refractivity contribution in [3.8, 4) is 0 Å². The van der Waals surface area contributed by atoms with E-state index in [1.165, 1.54) is 0 Å². The van der Waals surface area contributed by atoms with Crippen LogP contribution in [0.25, 0.3) is 0 Å². The van der Waals surface area contributed by atoms with Gasteiger partial charge in [-0.2, -0.15) is 0 Å². The average molecular weight is 255 g/mol. The minimum absolute atomic E-state index is 0.0734. The normalized spacial score (nSPS) is 27.9. The Balaban J connectivity index is 2.65. The lowest BCUT2D eigenvalue weighted by atomic mass is 9.86. The highest BCUT2D eigenvalue weighted by atomic mass is 16.2. The lowest BCUT2D eigenvalue weighted by Gasteiger charge is -2.41. The van der Waals surface area contributed by atoms with E-state index in [4.69, 9.17) is 5.73 Å². The summed E-state index contributed by atoms with van der Waals surface area (Å²) in [7, 11) is 4.04. The van der Waals surface area contributed by atoms with Crippen LogP contribution in [0.1, 0.15) is 40.5 Å². The molecule has 1 fully saturated rings. The second-order valence-electron chi connectivity index (χ2n) is 6.80. The van der Waals surface area contributed by atoms with Gasteiger partial charge in [0.2, 0.25) is 5.91 Å². The summed E-state index contributed by atoms with van der Waals surface area (Å²) in [6.07, 6.45) is 2.08. The monoisotopic (exact) mass is 255 g/mol. The van der Waals surface area contributed by atoms with Crippen LogP contribution in [0.5, 0.6) is 0 Å². The van der Waals surface area contributed by atoms with Crippen molar-refractivity contribution in [2.24, 2.45) is 11.1 Å². The average Bonchev–Trinajstić information content (AvgIpc) is 2.28. The molecule has 0 aromatic heterocycles. The third-order valence-corrected chi connectivity index (χ3v) is 4.28. The van der Waals surface area contributed by atoms with E-state index in [1.54, 1.807) is 0 Å². The SMILES string of the molecule is CC1CC(N(C)C(=O)C(N)C(C)(C)C)CCN1C. The molecule has 106 valence electrons. The largest absolute Gasteiger partial charge is 0.341 e. The van der Waals surface area contributed by atoms with E-state index in [-0.39, 0.29) is 11.3 Å². The van der Waals surface area contributed by atoms with Gasteiger partial charge in [0, 0.05) is 25.7 Å². The van der Waals surface area contributed by atoms with Gasteiger partial charge in [0.1, 0.15) is 0 Å². The molecule has 1 aliphatic heterocycles. The van der Waals surface area contributed by atoms with E-state index in [0.29, 0.717) is 12.1 Å². The molecule has 1 amide bonds. The van der Waals surface area contributed by atoms with Gasteiger partial charge >= 0.3 is 0 Å². The molecule has 1 aliphatic rings. The first kappa shape index (κ1) is 15.4. The molecule has 0 aromatic carbocycles. The predicted molar refractivity (Wildman–Crippen MR) is 75.3 cm³/mol. The Labute approximate surface area is 111 Å². The van der Waals surface area contributed by atoms with Crippen LogP contribution in [0.15, 0.2) is 0 Å². The second kappa shape index (κ2) is 5.57. The highest BCUT2D eigenvalue weighted by molar-refractivity contribution is 5.82. The number of hydrogen-bond acceptors (Lipinski definition) is 3. The van der Waals surface area contributed by atoms with Gasteiger partial charge in [-0.1, -0.05) is 20.8 Å². The molecule has 4 nitrogen and oxygen atoms in total. The van der Waals surface area contributed by atoms with Crippen molar-refractivity contribution in [2.75, 3.05) is 20.6 Å². The predicted octanol–water partition coefficient (Wildman–Crippen LogP) is 1.30. The zero-order valence-electron chi connectivity index (χ0n) is 12.7. The molecule has 4 heteroatoms. The number of likely N-dealkylation sites (N-methyl/N-ethyl adjacent to an activating group) is 1. The lowest BCUT2D eigenvalue weighted by molar-refractivity contribution is -0.136. The van der Waals surface area contributed by atoms with E-state index in [1.807, 2.05) is 32.7 Å². The molecule has 18 heavy (non-hydrogen) atoms. The van der Waals surface area contributed by atoms with Gasteiger partial charge in [0.05, 0.1) is 6.04 Å². The zero-order valence-corrected chi connectivity index (χ0v) is 12.7. The number of carbonyl (C=O) groups is 1. The smallest absolute Gasteiger partial charge is 0.240 e. The van der Waals surface area contributed by atoms with Gasteiger partial charge in [-0.15, -0.1) is 0 Å². The van der Waals surface area contributed by atoms with E-state index >= 15 is 0 Å².